The van der Waals surface area contributed by atoms with Crippen molar-refractivity contribution in [2.24, 2.45) is 0 Å². The largest absolute Gasteiger partial charge is 0.550 e. The third-order valence-corrected chi connectivity index (χ3v) is 3.91. The van der Waals surface area contributed by atoms with E-state index in [1.807, 2.05) is 12.1 Å². The molecule has 7 heteroatoms. The van der Waals surface area contributed by atoms with E-state index in [2.05, 4.69) is 38.8 Å². The smallest absolute Gasteiger partial charge is 0.179 e. The van der Waals surface area contributed by atoms with Crippen LogP contribution in [0, 0.1) is 0 Å². The number of rotatable bonds is 4. The van der Waals surface area contributed by atoms with Crippen LogP contribution in [0.5, 0.6) is 0 Å². The average molecular weight is 288 g/mol. The molecule has 7 nitrogen and oxygen atoms in total. The monoisotopic (exact) mass is 288 g/mol. The predicted molar refractivity (Wildman–Crippen MR) is 76.9 cm³/mol. The van der Waals surface area contributed by atoms with Crippen molar-refractivity contribution < 1.29 is 9.90 Å². The molecule has 1 fully saturated rings. The highest BCUT2D eigenvalue weighted by molar-refractivity contribution is 5.75. The van der Waals surface area contributed by atoms with E-state index in [0.717, 1.165) is 30.8 Å². The first kappa shape index (κ1) is 13.8. The Morgan fingerprint density at radius 3 is 2.95 bits per heavy atom. The van der Waals surface area contributed by atoms with E-state index in [-0.39, 0.29) is 6.42 Å². The molecule has 3 heterocycles. The van der Waals surface area contributed by atoms with E-state index < -0.39 is 5.97 Å². The van der Waals surface area contributed by atoms with Gasteiger partial charge in [0.2, 0.25) is 0 Å². The Kier molecular flexibility index (Phi) is 3.50. The van der Waals surface area contributed by atoms with Crippen LogP contribution in [0.1, 0.15) is 12.2 Å². The number of aliphatic carboxylic acids is 1. The lowest BCUT2D eigenvalue weighted by molar-refractivity contribution is -0.304. The van der Waals surface area contributed by atoms with Gasteiger partial charge in [-0.25, -0.2) is 9.97 Å². The SMILES string of the molecule is CN(C)C1CCN(c2ccc3[nH]c(CC(=O)[O-])nc3n2)C1. The Hall–Kier alpha value is -2.15. The summed E-state index contributed by atoms with van der Waals surface area (Å²) < 4.78 is 0. The Balaban J connectivity index is 1.82. The number of likely N-dealkylation sites (N-methyl/N-ethyl adjacent to an activating group) is 1. The Morgan fingerprint density at radius 1 is 1.48 bits per heavy atom. The summed E-state index contributed by atoms with van der Waals surface area (Å²) in [5.41, 5.74) is 1.30. The zero-order valence-corrected chi connectivity index (χ0v) is 12.2. The topological polar surface area (TPSA) is 88.2 Å². The Labute approximate surface area is 122 Å². The van der Waals surface area contributed by atoms with Crippen molar-refractivity contribution in [3.8, 4) is 0 Å². The van der Waals surface area contributed by atoms with E-state index in [4.69, 9.17) is 0 Å². The van der Waals surface area contributed by atoms with Crippen molar-refractivity contribution >= 4 is 23.0 Å². The van der Waals surface area contributed by atoms with Crippen molar-refractivity contribution in [3.05, 3.63) is 18.0 Å². The lowest BCUT2D eigenvalue weighted by Gasteiger charge is -2.20. The van der Waals surface area contributed by atoms with Gasteiger partial charge < -0.3 is 24.7 Å². The Bertz CT molecular complexity index is 666. The fourth-order valence-corrected chi connectivity index (χ4v) is 2.70. The number of carboxylic acid groups (broad SMARTS) is 1. The van der Waals surface area contributed by atoms with Crippen LogP contribution in [0.25, 0.3) is 11.2 Å². The lowest BCUT2D eigenvalue weighted by atomic mass is 10.2. The zero-order chi connectivity index (χ0) is 15.0. The molecule has 1 atom stereocenters. The van der Waals surface area contributed by atoms with Crippen LogP contribution in [0.3, 0.4) is 0 Å². The number of aromatic nitrogens is 3. The molecule has 1 N–H and O–H groups in total. The van der Waals surface area contributed by atoms with Gasteiger partial charge in [0.15, 0.2) is 5.65 Å². The highest BCUT2D eigenvalue weighted by Gasteiger charge is 2.25. The van der Waals surface area contributed by atoms with Gasteiger partial charge in [0.25, 0.3) is 0 Å². The van der Waals surface area contributed by atoms with Crippen molar-refractivity contribution in [3.63, 3.8) is 0 Å². The number of carbonyl (C=O) groups excluding carboxylic acids is 1. The number of nitrogens with zero attached hydrogens (tertiary/aromatic N) is 4. The highest BCUT2D eigenvalue weighted by Crippen LogP contribution is 2.22. The van der Waals surface area contributed by atoms with E-state index in [1.165, 1.54) is 0 Å². The second kappa shape index (κ2) is 5.33. The summed E-state index contributed by atoms with van der Waals surface area (Å²) in [5, 5.41) is 10.6. The third kappa shape index (κ3) is 2.82. The molecule has 0 radical (unpaired) electrons. The van der Waals surface area contributed by atoms with E-state index in [1.54, 1.807) is 0 Å². The normalized spacial score (nSPS) is 18.8. The zero-order valence-electron chi connectivity index (χ0n) is 12.2. The van der Waals surface area contributed by atoms with Gasteiger partial charge in [-0.2, -0.15) is 0 Å². The first-order chi connectivity index (χ1) is 10.0. The summed E-state index contributed by atoms with van der Waals surface area (Å²) in [4.78, 5) is 26.8. The van der Waals surface area contributed by atoms with E-state index >= 15 is 0 Å². The first-order valence-corrected chi connectivity index (χ1v) is 7.00. The number of imidazole rings is 1. The van der Waals surface area contributed by atoms with Gasteiger partial charge in [-0.05, 0) is 32.6 Å². The molecule has 0 bridgehead atoms. The third-order valence-electron chi connectivity index (χ3n) is 3.91. The number of fused-ring (bicyclic) bond motifs is 1. The number of nitrogens with one attached hydrogen (secondary N) is 1. The molecule has 0 aromatic carbocycles. The van der Waals surface area contributed by atoms with Crippen LogP contribution in [-0.4, -0.2) is 59.0 Å². The second-order valence-electron chi connectivity index (χ2n) is 5.63. The van der Waals surface area contributed by atoms with Crippen LogP contribution in [-0.2, 0) is 11.2 Å². The van der Waals surface area contributed by atoms with Crippen LogP contribution in [0.2, 0.25) is 0 Å². The van der Waals surface area contributed by atoms with Crippen molar-refractivity contribution in [2.45, 2.75) is 18.9 Å². The molecule has 0 amide bonds. The molecule has 3 rings (SSSR count). The summed E-state index contributed by atoms with van der Waals surface area (Å²) in [6.07, 6.45) is 0.890. The highest BCUT2D eigenvalue weighted by atomic mass is 16.4. The molecular weight excluding hydrogens is 270 g/mol. The van der Waals surface area contributed by atoms with Crippen LogP contribution < -0.4 is 10.0 Å². The molecule has 1 saturated heterocycles. The van der Waals surface area contributed by atoms with Gasteiger partial charge in [-0.1, -0.05) is 0 Å². The number of carbonyl (C=O) groups is 1. The minimum absolute atomic E-state index is 0.224. The van der Waals surface area contributed by atoms with Gasteiger partial charge >= 0.3 is 0 Å². The van der Waals surface area contributed by atoms with Gasteiger partial charge in [-0.3, -0.25) is 0 Å². The van der Waals surface area contributed by atoms with Crippen molar-refractivity contribution in [2.75, 3.05) is 32.1 Å². The number of H-pyrrole nitrogens is 1. The minimum atomic E-state index is -1.15. The van der Waals surface area contributed by atoms with E-state index in [0.29, 0.717) is 17.5 Å². The fourth-order valence-electron chi connectivity index (χ4n) is 2.70. The minimum Gasteiger partial charge on any atom is -0.550 e. The van der Waals surface area contributed by atoms with Gasteiger partial charge in [-0.15, -0.1) is 0 Å². The van der Waals surface area contributed by atoms with Crippen LogP contribution in [0.15, 0.2) is 12.1 Å². The molecule has 1 unspecified atom stereocenters. The first-order valence-electron chi connectivity index (χ1n) is 7.00. The van der Waals surface area contributed by atoms with Crippen molar-refractivity contribution in [1.82, 2.24) is 19.9 Å². The van der Waals surface area contributed by atoms with Gasteiger partial charge in [0, 0.05) is 31.5 Å². The molecule has 1 aliphatic rings. The number of anilines is 1. The quantitative estimate of drug-likeness (QED) is 0.807. The molecule has 2 aromatic rings. The molecule has 0 spiro atoms. The molecule has 112 valence electrons. The fraction of sp³-hybridized carbons (Fsp3) is 0.500. The maximum Gasteiger partial charge on any atom is 0.179 e. The van der Waals surface area contributed by atoms with Gasteiger partial charge in [0.05, 0.1) is 5.52 Å². The summed E-state index contributed by atoms with van der Waals surface area (Å²) in [5.74, 6) is 0.114. The summed E-state index contributed by atoms with van der Waals surface area (Å²) in [6.45, 7) is 1.92. The lowest BCUT2D eigenvalue weighted by Crippen LogP contribution is -2.31. The summed E-state index contributed by atoms with van der Waals surface area (Å²) >= 11 is 0. The number of hydrogen-bond donors (Lipinski definition) is 1. The summed E-state index contributed by atoms with van der Waals surface area (Å²) in [6, 6.07) is 4.38. The summed E-state index contributed by atoms with van der Waals surface area (Å²) in [7, 11) is 4.18. The van der Waals surface area contributed by atoms with Gasteiger partial charge in [0.1, 0.15) is 11.6 Å². The molecule has 0 aliphatic carbocycles. The number of pyridine rings is 1. The van der Waals surface area contributed by atoms with Crippen molar-refractivity contribution in [1.29, 1.82) is 0 Å². The molecular formula is C14H18N5O2-. The average Bonchev–Trinajstić information content (AvgIpc) is 3.02. The number of hydrogen-bond acceptors (Lipinski definition) is 6. The second-order valence-corrected chi connectivity index (χ2v) is 5.63. The number of carboxylic acids is 1. The number of aromatic amines is 1. The standard InChI is InChI=1S/C14H19N5O2/c1-18(2)9-5-6-19(8-9)12-4-3-10-14(17-12)16-11(15-10)7-13(20)21/h3-4,9H,5-8H2,1-2H3,(H,20,21)(H,15,16,17)/p-1. The maximum absolute atomic E-state index is 10.6. The molecule has 0 saturated carbocycles. The van der Waals surface area contributed by atoms with Crippen LogP contribution in [0.4, 0.5) is 5.82 Å². The van der Waals surface area contributed by atoms with E-state index in [9.17, 15) is 9.90 Å². The Morgan fingerprint density at radius 2 is 2.29 bits per heavy atom. The van der Waals surface area contributed by atoms with Crippen LogP contribution >= 0.6 is 0 Å². The molecule has 21 heavy (non-hydrogen) atoms. The maximum atomic E-state index is 10.6. The molecule has 2 aromatic heterocycles. The molecule has 1 aliphatic heterocycles. The predicted octanol–water partition coefficient (Wildman–Crippen LogP) is -0.609.